The van der Waals surface area contributed by atoms with Crippen molar-refractivity contribution in [2.45, 2.75) is 24.8 Å². The molecule has 4 rings (SSSR count). The fourth-order valence-electron chi connectivity index (χ4n) is 3.67. The van der Waals surface area contributed by atoms with Crippen molar-refractivity contribution in [1.29, 1.82) is 0 Å². The average Bonchev–Trinajstić information content (AvgIpc) is 3.22. The van der Waals surface area contributed by atoms with Crippen LogP contribution in [-0.2, 0) is 9.53 Å². The zero-order valence-electron chi connectivity index (χ0n) is 16.6. The number of ether oxygens (including phenoxy) is 1. The van der Waals surface area contributed by atoms with Crippen LogP contribution in [0.4, 0.5) is 4.39 Å². The molecule has 1 aliphatic heterocycles. The van der Waals surface area contributed by atoms with E-state index in [9.17, 15) is 14.0 Å². The fraction of sp³-hybridized carbons (Fsp3) is 0.250. The van der Waals surface area contributed by atoms with Crippen molar-refractivity contribution in [1.82, 2.24) is 4.90 Å². The monoisotopic (exact) mass is 423 g/mol. The van der Waals surface area contributed by atoms with Gasteiger partial charge in [0.1, 0.15) is 17.2 Å². The molecule has 1 heterocycles. The van der Waals surface area contributed by atoms with Gasteiger partial charge >= 0.3 is 5.97 Å². The predicted molar refractivity (Wildman–Crippen MR) is 117 cm³/mol. The summed E-state index contributed by atoms with van der Waals surface area (Å²) in [5.41, 5.74) is 1.32. The van der Waals surface area contributed by atoms with E-state index >= 15 is 0 Å². The van der Waals surface area contributed by atoms with Crippen molar-refractivity contribution >= 4 is 34.4 Å². The van der Waals surface area contributed by atoms with Crippen molar-refractivity contribution in [3.8, 4) is 0 Å². The van der Waals surface area contributed by atoms with E-state index in [4.69, 9.17) is 4.74 Å². The number of hydrogen-bond donors (Lipinski definition) is 0. The Bertz CT molecular complexity index is 1060. The number of benzene rings is 3. The number of esters is 1. The predicted octanol–water partition coefficient (Wildman–Crippen LogP) is 5.19. The number of carbonyl (C=O) groups excluding carboxylic acids is 2. The van der Waals surface area contributed by atoms with Gasteiger partial charge in [-0.15, -0.1) is 11.8 Å². The summed E-state index contributed by atoms with van der Waals surface area (Å²) in [6.07, 6.45) is 0.713. The number of nitrogens with zero attached hydrogens (tertiary/aromatic N) is 1. The first-order valence-corrected chi connectivity index (χ1v) is 11.0. The number of hydrogen-bond acceptors (Lipinski definition) is 4. The maximum Gasteiger partial charge on any atom is 0.329 e. The Morgan fingerprint density at radius 1 is 1.07 bits per heavy atom. The minimum Gasteiger partial charge on any atom is -0.464 e. The molecule has 2 unspecified atom stereocenters. The van der Waals surface area contributed by atoms with Gasteiger partial charge in [-0.2, -0.15) is 0 Å². The van der Waals surface area contributed by atoms with Gasteiger partial charge in [-0.05, 0) is 41.0 Å². The van der Waals surface area contributed by atoms with Crippen molar-refractivity contribution in [2.24, 2.45) is 0 Å². The molecule has 0 aliphatic carbocycles. The van der Waals surface area contributed by atoms with Crippen LogP contribution in [0.5, 0.6) is 0 Å². The average molecular weight is 424 g/mol. The van der Waals surface area contributed by atoms with Crippen LogP contribution < -0.4 is 0 Å². The second-order valence-electron chi connectivity index (χ2n) is 7.16. The third-order valence-electron chi connectivity index (χ3n) is 5.13. The van der Waals surface area contributed by atoms with Gasteiger partial charge in [0.25, 0.3) is 5.91 Å². The lowest BCUT2D eigenvalue weighted by atomic mass is 10.0. The highest BCUT2D eigenvalue weighted by atomic mass is 32.2. The van der Waals surface area contributed by atoms with Crippen molar-refractivity contribution in [3.05, 3.63) is 83.7 Å². The molecule has 30 heavy (non-hydrogen) atoms. The first kappa shape index (κ1) is 20.4. The molecular weight excluding hydrogens is 401 g/mol. The Hall–Kier alpha value is -2.86. The Kier molecular flexibility index (Phi) is 6.04. The van der Waals surface area contributed by atoms with Gasteiger partial charge in [-0.25, -0.2) is 9.18 Å². The quantitative estimate of drug-likeness (QED) is 0.530. The fourth-order valence-corrected chi connectivity index (χ4v) is 5.08. The molecule has 1 saturated heterocycles. The number of halogens is 1. The topological polar surface area (TPSA) is 46.6 Å². The Labute approximate surface area is 179 Å². The number of rotatable bonds is 5. The first-order valence-electron chi connectivity index (χ1n) is 9.94. The van der Waals surface area contributed by atoms with E-state index in [1.807, 2.05) is 43.3 Å². The standard InChI is InChI=1S/C24H22FNO3S/c1-2-14-29-24(28)21-15-30-23(17-10-12-18(25)13-11-17)26(21)22(27)20-9-5-7-16-6-3-4-8-19(16)20/h3-13,21,23H,2,14-15H2,1H3. The number of fused-ring (bicyclic) bond motifs is 1. The lowest BCUT2D eigenvalue weighted by Crippen LogP contribution is -2.44. The van der Waals surface area contributed by atoms with Crippen LogP contribution in [0.3, 0.4) is 0 Å². The molecular formula is C24H22FNO3S. The van der Waals surface area contributed by atoms with Crippen LogP contribution in [0.1, 0.15) is 34.6 Å². The second-order valence-corrected chi connectivity index (χ2v) is 8.27. The third kappa shape index (κ3) is 3.92. The van der Waals surface area contributed by atoms with Gasteiger partial charge in [0.05, 0.1) is 6.61 Å². The van der Waals surface area contributed by atoms with Crippen molar-refractivity contribution < 1.29 is 18.7 Å². The highest BCUT2D eigenvalue weighted by molar-refractivity contribution is 7.99. The van der Waals surface area contributed by atoms with E-state index in [0.717, 1.165) is 16.3 Å². The summed E-state index contributed by atoms with van der Waals surface area (Å²) in [6.45, 7) is 2.24. The molecule has 0 bridgehead atoms. The molecule has 154 valence electrons. The summed E-state index contributed by atoms with van der Waals surface area (Å²) in [5.74, 6) is -0.541. The molecule has 0 radical (unpaired) electrons. The summed E-state index contributed by atoms with van der Waals surface area (Å²) in [4.78, 5) is 28.1. The SMILES string of the molecule is CCCOC(=O)C1CSC(c2ccc(F)cc2)N1C(=O)c1cccc2ccccc12. The molecule has 6 heteroatoms. The molecule has 1 aliphatic rings. The summed E-state index contributed by atoms with van der Waals surface area (Å²) < 4.78 is 18.8. The van der Waals surface area contributed by atoms with E-state index in [1.54, 1.807) is 23.1 Å². The Morgan fingerprint density at radius 3 is 2.57 bits per heavy atom. The van der Waals surface area contributed by atoms with Crippen LogP contribution >= 0.6 is 11.8 Å². The van der Waals surface area contributed by atoms with Crippen LogP contribution in [0, 0.1) is 5.82 Å². The van der Waals surface area contributed by atoms with E-state index < -0.39 is 17.4 Å². The largest absolute Gasteiger partial charge is 0.464 e. The van der Waals surface area contributed by atoms with Gasteiger partial charge in [-0.3, -0.25) is 4.79 Å². The number of thioether (sulfide) groups is 1. The Balaban J connectivity index is 1.75. The molecule has 0 spiro atoms. The molecule has 0 N–H and O–H groups in total. The summed E-state index contributed by atoms with van der Waals surface area (Å²) in [7, 11) is 0. The summed E-state index contributed by atoms with van der Waals surface area (Å²) in [6, 6.07) is 18.6. The smallest absolute Gasteiger partial charge is 0.329 e. The molecule has 1 fully saturated rings. The zero-order chi connectivity index (χ0) is 21.1. The lowest BCUT2D eigenvalue weighted by Gasteiger charge is -2.29. The number of carbonyl (C=O) groups is 2. The highest BCUT2D eigenvalue weighted by Crippen LogP contribution is 2.43. The zero-order valence-corrected chi connectivity index (χ0v) is 17.4. The van der Waals surface area contributed by atoms with Crippen LogP contribution in [0.15, 0.2) is 66.7 Å². The molecule has 2 atom stereocenters. The lowest BCUT2D eigenvalue weighted by molar-refractivity contribution is -0.148. The van der Waals surface area contributed by atoms with Crippen molar-refractivity contribution in [2.75, 3.05) is 12.4 Å². The second kappa shape index (κ2) is 8.88. The van der Waals surface area contributed by atoms with Crippen molar-refractivity contribution in [3.63, 3.8) is 0 Å². The van der Waals surface area contributed by atoms with Gasteiger partial charge in [0, 0.05) is 11.3 Å². The molecule has 0 aromatic heterocycles. The molecule has 1 amide bonds. The van der Waals surface area contributed by atoms with Gasteiger partial charge < -0.3 is 9.64 Å². The molecule has 4 nitrogen and oxygen atoms in total. The van der Waals surface area contributed by atoms with E-state index in [1.165, 1.54) is 23.9 Å². The van der Waals surface area contributed by atoms with Crippen LogP contribution in [0.25, 0.3) is 10.8 Å². The summed E-state index contributed by atoms with van der Waals surface area (Å²) >= 11 is 1.49. The first-order chi connectivity index (χ1) is 14.6. The minimum atomic E-state index is -0.692. The van der Waals surface area contributed by atoms with E-state index in [0.29, 0.717) is 24.3 Å². The van der Waals surface area contributed by atoms with E-state index in [2.05, 4.69) is 0 Å². The molecule has 3 aromatic rings. The normalized spacial score (nSPS) is 18.5. The molecule has 3 aromatic carbocycles. The Morgan fingerprint density at radius 2 is 1.80 bits per heavy atom. The van der Waals surface area contributed by atoms with Gasteiger partial charge in [-0.1, -0.05) is 55.5 Å². The van der Waals surface area contributed by atoms with Crippen LogP contribution in [-0.4, -0.2) is 35.2 Å². The third-order valence-corrected chi connectivity index (χ3v) is 6.45. The van der Waals surface area contributed by atoms with E-state index in [-0.39, 0.29) is 11.7 Å². The van der Waals surface area contributed by atoms with Gasteiger partial charge in [0.2, 0.25) is 0 Å². The van der Waals surface area contributed by atoms with Gasteiger partial charge in [0.15, 0.2) is 0 Å². The maximum absolute atomic E-state index is 13.7. The number of amides is 1. The highest BCUT2D eigenvalue weighted by Gasteiger charge is 2.43. The maximum atomic E-state index is 13.7. The minimum absolute atomic E-state index is 0.232. The summed E-state index contributed by atoms with van der Waals surface area (Å²) in [5, 5.41) is 1.40. The molecule has 0 saturated carbocycles. The van der Waals surface area contributed by atoms with Crippen LogP contribution in [0.2, 0.25) is 0 Å².